The van der Waals surface area contributed by atoms with Gasteiger partial charge in [-0.15, -0.1) is 0 Å². The number of carbonyl (C=O) groups is 1. The Balaban J connectivity index is 1.74. The van der Waals surface area contributed by atoms with Crippen molar-refractivity contribution in [1.82, 2.24) is 5.32 Å². The molecule has 2 fully saturated rings. The van der Waals surface area contributed by atoms with Gasteiger partial charge < -0.3 is 65.1 Å². The van der Waals surface area contributed by atoms with E-state index >= 15 is 0 Å². The largest absolute Gasteiger partial charge is 0.394 e. The summed E-state index contributed by atoms with van der Waals surface area (Å²) in [6.45, 7) is 2.70. The summed E-state index contributed by atoms with van der Waals surface area (Å²) in [4.78, 5) is 13.3. The van der Waals surface area contributed by atoms with Gasteiger partial charge in [0, 0.05) is 6.42 Å². The van der Waals surface area contributed by atoms with Crippen LogP contribution in [0, 0.1) is 0 Å². The van der Waals surface area contributed by atoms with Crippen molar-refractivity contribution in [2.24, 2.45) is 0 Å². The molecule has 2 saturated heterocycles. The third kappa shape index (κ3) is 36.8. The number of carbonyl (C=O) groups excluding carboxylic acids is 1. The second kappa shape index (κ2) is 51.8. The van der Waals surface area contributed by atoms with E-state index in [0.717, 1.165) is 89.9 Å². The van der Waals surface area contributed by atoms with E-state index in [1.807, 2.05) is 6.08 Å². The average Bonchev–Trinajstić information content (AvgIpc) is 3.47. The lowest BCUT2D eigenvalue weighted by atomic mass is 9.97. The number of amides is 1. The van der Waals surface area contributed by atoms with E-state index in [0.29, 0.717) is 6.42 Å². The maximum Gasteiger partial charge on any atom is 0.220 e. The van der Waals surface area contributed by atoms with E-state index < -0.39 is 86.8 Å². The first-order chi connectivity index (χ1) is 39.6. The standard InChI is InChI=1S/C67H119NO13/c1-3-5-7-9-11-13-15-17-19-21-23-25-27-29-30-32-34-36-38-40-42-44-46-48-50-56(71)55(54-78-66-64(77)62(75)65(58(53-70)80-66)81-67-63(76)61(74)60(73)57(52-69)79-67)68-59(72)51-49-47-45-43-41-39-37-35-33-31-28-26-24-22-20-18-16-14-12-10-8-6-4-2/h6,8,12,14,18,20,24,26,31,33,48,50,55-58,60-67,69-71,73-77H,3-5,7,9-11,13,15-17,19,21-23,25,27-30,32,34-47,49,51-54H2,1-2H3,(H,68,72)/b8-6-,14-12-,20-18-,26-24-,33-31-,50-48+. The molecule has 12 unspecified atom stereocenters. The molecule has 12 atom stereocenters. The van der Waals surface area contributed by atoms with Gasteiger partial charge in [0.15, 0.2) is 12.6 Å². The molecule has 0 spiro atoms. The number of ether oxygens (including phenoxy) is 4. The number of hydrogen-bond acceptors (Lipinski definition) is 13. The molecule has 81 heavy (non-hydrogen) atoms. The third-order valence-electron chi connectivity index (χ3n) is 15.6. The van der Waals surface area contributed by atoms with Crippen molar-refractivity contribution in [2.45, 2.75) is 325 Å². The van der Waals surface area contributed by atoms with Crippen molar-refractivity contribution < 1.29 is 64.6 Å². The van der Waals surface area contributed by atoms with Crippen LogP contribution in [0.25, 0.3) is 0 Å². The van der Waals surface area contributed by atoms with E-state index in [1.54, 1.807) is 6.08 Å². The molecule has 14 nitrogen and oxygen atoms in total. The first-order valence-electron chi connectivity index (χ1n) is 32.7. The zero-order chi connectivity index (χ0) is 58.8. The summed E-state index contributed by atoms with van der Waals surface area (Å²) in [6, 6.07) is -0.926. The lowest BCUT2D eigenvalue weighted by Crippen LogP contribution is -2.65. The molecular weight excluding hydrogens is 1030 g/mol. The minimum atomic E-state index is -1.79. The van der Waals surface area contributed by atoms with Gasteiger partial charge in [-0.25, -0.2) is 0 Å². The quantitative estimate of drug-likeness (QED) is 0.0204. The molecule has 0 aromatic carbocycles. The van der Waals surface area contributed by atoms with Crippen LogP contribution >= 0.6 is 0 Å². The topological polar surface area (TPSA) is 228 Å². The predicted molar refractivity (Wildman–Crippen MR) is 327 cm³/mol. The first kappa shape index (κ1) is 74.5. The molecule has 2 aliphatic rings. The van der Waals surface area contributed by atoms with E-state index in [1.165, 1.54) is 135 Å². The smallest absolute Gasteiger partial charge is 0.220 e. The number of aliphatic hydroxyl groups excluding tert-OH is 8. The summed E-state index contributed by atoms with van der Waals surface area (Å²) in [6.07, 6.45) is 52.2. The highest BCUT2D eigenvalue weighted by molar-refractivity contribution is 5.76. The summed E-state index contributed by atoms with van der Waals surface area (Å²) in [5.74, 6) is -0.251. The molecule has 0 radical (unpaired) electrons. The monoisotopic (exact) mass is 1150 g/mol. The zero-order valence-electron chi connectivity index (χ0n) is 50.8. The van der Waals surface area contributed by atoms with Gasteiger partial charge in [-0.05, 0) is 64.2 Å². The van der Waals surface area contributed by atoms with Crippen molar-refractivity contribution >= 4 is 5.91 Å². The summed E-state index contributed by atoms with van der Waals surface area (Å²) in [7, 11) is 0. The van der Waals surface area contributed by atoms with Crippen molar-refractivity contribution in [3.63, 3.8) is 0 Å². The zero-order valence-corrected chi connectivity index (χ0v) is 50.8. The molecule has 2 rings (SSSR count). The summed E-state index contributed by atoms with van der Waals surface area (Å²) < 4.78 is 22.8. The van der Waals surface area contributed by atoms with Gasteiger partial charge in [-0.2, -0.15) is 0 Å². The molecule has 0 aromatic rings. The summed E-state index contributed by atoms with van der Waals surface area (Å²) in [5, 5.41) is 87.3. The van der Waals surface area contributed by atoms with Crippen molar-refractivity contribution in [3.8, 4) is 0 Å². The van der Waals surface area contributed by atoms with Gasteiger partial charge >= 0.3 is 0 Å². The Labute approximate surface area is 491 Å². The van der Waals surface area contributed by atoms with Crippen LogP contribution in [0.4, 0.5) is 0 Å². The first-order valence-corrected chi connectivity index (χ1v) is 32.7. The number of allylic oxidation sites excluding steroid dienone is 11. The summed E-state index contributed by atoms with van der Waals surface area (Å²) >= 11 is 0. The second-order valence-electron chi connectivity index (χ2n) is 22.9. The highest BCUT2D eigenvalue weighted by Crippen LogP contribution is 2.30. The molecule has 0 aliphatic carbocycles. The lowest BCUT2D eigenvalue weighted by Gasteiger charge is -2.46. The second-order valence-corrected chi connectivity index (χ2v) is 22.9. The van der Waals surface area contributed by atoms with Gasteiger partial charge in [-0.3, -0.25) is 4.79 Å². The molecule has 2 aliphatic heterocycles. The minimum Gasteiger partial charge on any atom is -0.394 e. The number of hydrogen-bond donors (Lipinski definition) is 9. The highest BCUT2D eigenvalue weighted by Gasteiger charge is 2.51. The molecule has 0 bridgehead atoms. The van der Waals surface area contributed by atoms with Crippen LogP contribution in [-0.4, -0.2) is 140 Å². The molecule has 2 heterocycles. The Hall–Kier alpha value is -2.57. The maximum atomic E-state index is 13.3. The highest BCUT2D eigenvalue weighted by atomic mass is 16.7. The SMILES string of the molecule is CC/C=C\C/C=C\C/C=C\C/C=C\C/C=C\CCCCCCCCCC(=O)NC(COC1OC(CO)C(OC2OC(CO)C(O)C(O)C2O)C(O)C1O)C(O)/C=C/CCCCCCCCCCCCCCCCCCCCCCCC. The predicted octanol–water partition coefficient (Wildman–Crippen LogP) is 12.3. The van der Waals surface area contributed by atoms with Gasteiger partial charge in [-0.1, -0.05) is 254 Å². The molecule has 0 aromatic heterocycles. The molecular formula is C67H119NO13. The van der Waals surface area contributed by atoms with Gasteiger partial charge in [0.25, 0.3) is 0 Å². The molecule has 9 N–H and O–H groups in total. The van der Waals surface area contributed by atoms with Crippen LogP contribution in [0.3, 0.4) is 0 Å². The van der Waals surface area contributed by atoms with Gasteiger partial charge in [0.05, 0.1) is 32.0 Å². The number of unbranched alkanes of at least 4 members (excludes halogenated alkanes) is 29. The normalized spacial score (nSPS) is 24.6. The fourth-order valence-electron chi connectivity index (χ4n) is 10.4. The fraction of sp³-hybridized carbons (Fsp3) is 0.806. The Bertz CT molecular complexity index is 1630. The minimum absolute atomic E-state index is 0.251. The fourth-order valence-corrected chi connectivity index (χ4v) is 10.4. The maximum absolute atomic E-state index is 13.3. The Morgan fingerprint density at radius 1 is 0.457 bits per heavy atom. The van der Waals surface area contributed by atoms with Crippen LogP contribution in [0.5, 0.6) is 0 Å². The Kier molecular flexibility index (Phi) is 47.7. The van der Waals surface area contributed by atoms with E-state index in [-0.39, 0.29) is 18.9 Å². The van der Waals surface area contributed by atoms with Gasteiger partial charge in [0.1, 0.15) is 48.8 Å². The van der Waals surface area contributed by atoms with Crippen LogP contribution < -0.4 is 5.32 Å². The lowest BCUT2D eigenvalue weighted by molar-refractivity contribution is -0.359. The molecule has 14 heteroatoms. The van der Waals surface area contributed by atoms with Crippen LogP contribution in [0.15, 0.2) is 72.9 Å². The summed E-state index contributed by atoms with van der Waals surface area (Å²) in [5.41, 5.74) is 0. The van der Waals surface area contributed by atoms with Crippen LogP contribution in [0.2, 0.25) is 0 Å². The molecule has 1 amide bonds. The van der Waals surface area contributed by atoms with E-state index in [9.17, 15) is 45.6 Å². The Morgan fingerprint density at radius 3 is 1.31 bits per heavy atom. The van der Waals surface area contributed by atoms with Crippen molar-refractivity contribution in [2.75, 3.05) is 19.8 Å². The number of aliphatic hydroxyl groups is 8. The third-order valence-corrected chi connectivity index (χ3v) is 15.6. The van der Waals surface area contributed by atoms with Gasteiger partial charge in [0.2, 0.25) is 5.91 Å². The molecule has 470 valence electrons. The average molecular weight is 1150 g/mol. The number of rotatable bonds is 52. The van der Waals surface area contributed by atoms with Crippen LogP contribution in [-0.2, 0) is 23.7 Å². The van der Waals surface area contributed by atoms with Crippen molar-refractivity contribution in [3.05, 3.63) is 72.9 Å². The Morgan fingerprint density at radius 2 is 0.852 bits per heavy atom. The van der Waals surface area contributed by atoms with Crippen molar-refractivity contribution in [1.29, 1.82) is 0 Å². The molecule has 0 saturated carbocycles. The number of nitrogens with one attached hydrogen (secondary N) is 1. The van der Waals surface area contributed by atoms with Crippen LogP contribution in [0.1, 0.15) is 251 Å². The van der Waals surface area contributed by atoms with E-state index in [2.05, 4.69) is 79.9 Å². The van der Waals surface area contributed by atoms with E-state index in [4.69, 9.17) is 18.9 Å².